The first-order chi connectivity index (χ1) is 6.70. The van der Waals surface area contributed by atoms with Crippen molar-refractivity contribution in [1.82, 2.24) is 14.2 Å². The predicted molar refractivity (Wildman–Crippen MR) is 53.4 cm³/mol. The van der Waals surface area contributed by atoms with E-state index < -0.39 is 0 Å². The zero-order valence-electron chi connectivity index (χ0n) is 8.34. The van der Waals surface area contributed by atoms with E-state index in [1.165, 1.54) is 0 Å². The fraction of sp³-hybridized carbons (Fsp3) is 0.400. The smallest absolute Gasteiger partial charge is 0.170 e. The third-order valence-electron chi connectivity index (χ3n) is 2.10. The molecule has 2 aromatic heterocycles. The fourth-order valence-electron chi connectivity index (χ4n) is 1.55. The number of aromatic nitrogens is 3. The number of rotatable bonds is 3. The summed E-state index contributed by atoms with van der Waals surface area (Å²) in [5, 5.41) is 4.09. The molecule has 0 spiro atoms. The third kappa shape index (κ3) is 1.43. The van der Waals surface area contributed by atoms with Gasteiger partial charge in [0.1, 0.15) is 11.3 Å². The van der Waals surface area contributed by atoms with Crippen LogP contribution in [-0.2, 0) is 6.54 Å². The summed E-state index contributed by atoms with van der Waals surface area (Å²) >= 11 is 0. The van der Waals surface area contributed by atoms with Crippen LogP contribution in [0.3, 0.4) is 0 Å². The van der Waals surface area contributed by atoms with Gasteiger partial charge in [0.05, 0.1) is 0 Å². The molecule has 2 rings (SSSR count). The van der Waals surface area contributed by atoms with Crippen LogP contribution in [0.1, 0.15) is 24.3 Å². The van der Waals surface area contributed by atoms with Gasteiger partial charge in [0.2, 0.25) is 0 Å². The molecule has 4 nitrogen and oxygen atoms in total. The Hall–Kier alpha value is -1.58. The average molecular weight is 191 g/mol. The van der Waals surface area contributed by atoms with E-state index >= 15 is 0 Å². The second-order valence-electron chi connectivity index (χ2n) is 3.83. The molecule has 0 amide bonds. The number of imidazole rings is 1. The number of nitrogens with zero attached hydrogens (tertiary/aromatic N) is 3. The Balaban J connectivity index is 2.44. The van der Waals surface area contributed by atoms with E-state index in [0.29, 0.717) is 11.6 Å². The molecule has 74 valence electrons. The van der Waals surface area contributed by atoms with E-state index in [2.05, 4.69) is 23.5 Å². The summed E-state index contributed by atoms with van der Waals surface area (Å²) in [6.07, 6.45) is 4.62. The molecule has 0 aliphatic heterocycles. The number of carbonyl (C=O) groups is 1. The molecule has 0 N–H and O–H groups in total. The second kappa shape index (κ2) is 3.29. The zero-order chi connectivity index (χ0) is 10.1. The molecule has 2 heterocycles. The Kier molecular flexibility index (Phi) is 2.11. The molecule has 0 aliphatic carbocycles. The Labute approximate surface area is 82.1 Å². The molecular formula is C10H13N3O. The normalized spacial score (nSPS) is 11.4. The highest BCUT2D eigenvalue weighted by Gasteiger charge is 2.06. The molecule has 0 saturated heterocycles. The summed E-state index contributed by atoms with van der Waals surface area (Å²) in [6.45, 7) is 5.27. The van der Waals surface area contributed by atoms with Crippen LogP contribution >= 0.6 is 0 Å². The van der Waals surface area contributed by atoms with Crippen molar-refractivity contribution in [1.29, 1.82) is 0 Å². The standard InChI is InChI=1S/C10H13N3O/c1-8(2)6-12-3-4-13-10(12)5-9(7-14)11-13/h3-5,7-8H,6H2,1-2H3. The minimum Gasteiger partial charge on any atom is -0.331 e. The van der Waals surface area contributed by atoms with Crippen LogP contribution in [0.5, 0.6) is 0 Å². The molecule has 0 bridgehead atoms. The van der Waals surface area contributed by atoms with Crippen molar-refractivity contribution in [2.45, 2.75) is 20.4 Å². The summed E-state index contributed by atoms with van der Waals surface area (Å²) in [6, 6.07) is 1.80. The van der Waals surface area contributed by atoms with E-state index in [1.54, 1.807) is 10.6 Å². The number of hydrogen-bond acceptors (Lipinski definition) is 2. The van der Waals surface area contributed by atoms with Crippen molar-refractivity contribution in [2.24, 2.45) is 5.92 Å². The van der Waals surface area contributed by atoms with E-state index in [-0.39, 0.29) is 0 Å². The molecule has 2 aromatic rings. The first kappa shape index (κ1) is 8.99. The lowest BCUT2D eigenvalue weighted by molar-refractivity contribution is 0.111. The Morgan fingerprint density at radius 3 is 2.93 bits per heavy atom. The highest BCUT2D eigenvalue weighted by molar-refractivity contribution is 5.74. The maximum absolute atomic E-state index is 10.5. The van der Waals surface area contributed by atoms with Gasteiger partial charge in [0.25, 0.3) is 0 Å². The highest BCUT2D eigenvalue weighted by Crippen LogP contribution is 2.09. The number of aldehydes is 1. The minimum absolute atomic E-state index is 0.484. The molecule has 4 heteroatoms. The van der Waals surface area contributed by atoms with Crippen molar-refractivity contribution in [3.8, 4) is 0 Å². The van der Waals surface area contributed by atoms with Crippen LogP contribution < -0.4 is 0 Å². The lowest BCUT2D eigenvalue weighted by atomic mass is 10.2. The van der Waals surface area contributed by atoms with Crippen LogP contribution in [0.25, 0.3) is 5.65 Å². The van der Waals surface area contributed by atoms with Gasteiger partial charge in [-0.3, -0.25) is 4.79 Å². The average Bonchev–Trinajstić information content (AvgIpc) is 2.66. The zero-order valence-corrected chi connectivity index (χ0v) is 8.34. The molecule has 0 saturated carbocycles. The molecule has 0 unspecified atom stereocenters. The molecule has 14 heavy (non-hydrogen) atoms. The largest absolute Gasteiger partial charge is 0.331 e. The van der Waals surface area contributed by atoms with Gasteiger partial charge >= 0.3 is 0 Å². The molecule has 0 aromatic carbocycles. The van der Waals surface area contributed by atoms with E-state index in [1.807, 2.05) is 12.4 Å². The van der Waals surface area contributed by atoms with Gasteiger partial charge in [-0.15, -0.1) is 0 Å². The predicted octanol–water partition coefficient (Wildman–Crippen LogP) is 1.60. The van der Waals surface area contributed by atoms with E-state index in [9.17, 15) is 4.79 Å². The second-order valence-corrected chi connectivity index (χ2v) is 3.83. The quantitative estimate of drug-likeness (QED) is 0.691. The van der Waals surface area contributed by atoms with Crippen LogP contribution in [0.15, 0.2) is 18.5 Å². The number of hydrogen-bond donors (Lipinski definition) is 0. The topological polar surface area (TPSA) is 39.3 Å². The van der Waals surface area contributed by atoms with Crippen LogP contribution in [0.2, 0.25) is 0 Å². The summed E-state index contributed by atoms with van der Waals surface area (Å²) in [4.78, 5) is 10.5. The van der Waals surface area contributed by atoms with Gasteiger partial charge in [-0.2, -0.15) is 5.10 Å². The van der Waals surface area contributed by atoms with Gasteiger partial charge in [-0.1, -0.05) is 13.8 Å². The summed E-state index contributed by atoms with van der Waals surface area (Å²) < 4.78 is 3.83. The van der Waals surface area contributed by atoms with Gasteiger partial charge in [0.15, 0.2) is 6.29 Å². The lowest BCUT2D eigenvalue weighted by Crippen LogP contribution is -2.02. The van der Waals surface area contributed by atoms with Crippen molar-refractivity contribution in [3.63, 3.8) is 0 Å². The maximum Gasteiger partial charge on any atom is 0.170 e. The van der Waals surface area contributed by atoms with Gasteiger partial charge in [0, 0.05) is 25.0 Å². The van der Waals surface area contributed by atoms with E-state index in [0.717, 1.165) is 18.5 Å². The highest BCUT2D eigenvalue weighted by atomic mass is 16.1. The molecule has 0 atom stereocenters. The fourth-order valence-corrected chi connectivity index (χ4v) is 1.55. The lowest BCUT2D eigenvalue weighted by Gasteiger charge is -2.05. The third-order valence-corrected chi connectivity index (χ3v) is 2.10. The summed E-state index contributed by atoms with van der Waals surface area (Å²) in [7, 11) is 0. The van der Waals surface area contributed by atoms with Crippen LogP contribution in [0, 0.1) is 5.92 Å². The summed E-state index contributed by atoms with van der Waals surface area (Å²) in [5.74, 6) is 0.584. The monoisotopic (exact) mass is 191 g/mol. The number of fused-ring (bicyclic) bond motifs is 1. The van der Waals surface area contributed by atoms with Gasteiger partial charge < -0.3 is 4.57 Å². The van der Waals surface area contributed by atoms with Gasteiger partial charge in [-0.05, 0) is 5.92 Å². The maximum atomic E-state index is 10.5. The molecule has 0 radical (unpaired) electrons. The van der Waals surface area contributed by atoms with Crippen molar-refractivity contribution < 1.29 is 4.79 Å². The molecule has 0 aliphatic rings. The van der Waals surface area contributed by atoms with Crippen LogP contribution in [0.4, 0.5) is 0 Å². The van der Waals surface area contributed by atoms with E-state index in [4.69, 9.17) is 0 Å². The van der Waals surface area contributed by atoms with Crippen molar-refractivity contribution >= 4 is 11.9 Å². The molecular weight excluding hydrogens is 178 g/mol. The Bertz CT molecular complexity index is 453. The van der Waals surface area contributed by atoms with Crippen LogP contribution in [-0.4, -0.2) is 20.5 Å². The van der Waals surface area contributed by atoms with Gasteiger partial charge in [-0.25, -0.2) is 4.52 Å². The first-order valence-corrected chi connectivity index (χ1v) is 4.70. The van der Waals surface area contributed by atoms with Crippen molar-refractivity contribution in [2.75, 3.05) is 0 Å². The Morgan fingerprint density at radius 1 is 1.50 bits per heavy atom. The first-order valence-electron chi connectivity index (χ1n) is 4.70. The molecule has 0 fully saturated rings. The van der Waals surface area contributed by atoms with Crippen molar-refractivity contribution in [3.05, 3.63) is 24.2 Å². The minimum atomic E-state index is 0.484. The number of carbonyl (C=O) groups excluding carboxylic acids is 1. The Morgan fingerprint density at radius 2 is 2.29 bits per heavy atom. The SMILES string of the molecule is CC(C)Cn1ccn2nc(C=O)cc12. The summed E-state index contributed by atoms with van der Waals surface area (Å²) in [5.41, 5.74) is 1.46.